The molecule has 108 valence electrons. The molecule has 1 aliphatic heterocycles. The number of hydrazone groups is 1. The molecule has 0 saturated carbocycles. The molecule has 1 N–H and O–H groups in total. The van der Waals surface area contributed by atoms with E-state index in [0.717, 1.165) is 3.77 Å². The summed E-state index contributed by atoms with van der Waals surface area (Å²) in [5, 5.41) is 3.83. The summed E-state index contributed by atoms with van der Waals surface area (Å²) in [6, 6.07) is 10.8. The number of amides is 1. The van der Waals surface area contributed by atoms with Crippen LogP contribution >= 0.6 is 22.6 Å². The number of carbonyl (C=O) groups is 1. The van der Waals surface area contributed by atoms with Crippen LogP contribution in [0.4, 0.5) is 0 Å². The highest BCUT2D eigenvalue weighted by molar-refractivity contribution is 14.1. The van der Waals surface area contributed by atoms with Crippen LogP contribution in [-0.4, -0.2) is 24.8 Å². The summed E-state index contributed by atoms with van der Waals surface area (Å²) in [4.78, 5) is 11.9. The van der Waals surface area contributed by atoms with Gasteiger partial charge in [-0.05, 0) is 46.9 Å². The third-order valence-corrected chi connectivity index (χ3v) is 3.34. The molecular weight excluding hydrogens is 387 g/mol. The Labute approximate surface area is 134 Å². The van der Waals surface area contributed by atoms with E-state index in [0.29, 0.717) is 17.3 Å². The van der Waals surface area contributed by atoms with Crippen LogP contribution in [0.15, 0.2) is 45.9 Å². The van der Waals surface area contributed by atoms with Crippen molar-refractivity contribution in [3.63, 3.8) is 0 Å². The topological polar surface area (TPSA) is 73.1 Å². The van der Waals surface area contributed by atoms with Crippen molar-refractivity contribution in [2.75, 3.05) is 6.61 Å². The Morgan fingerprint density at radius 3 is 2.86 bits per heavy atom. The van der Waals surface area contributed by atoms with Crippen LogP contribution in [0.3, 0.4) is 0 Å². The van der Waals surface area contributed by atoms with Crippen molar-refractivity contribution >= 4 is 34.7 Å². The van der Waals surface area contributed by atoms with Gasteiger partial charge in [-0.25, -0.2) is 5.43 Å². The summed E-state index contributed by atoms with van der Waals surface area (Å²) in [5.41, 5.74) is 2.40. The van der Waals surface area contributed by atoms with Gasteiger partial charge in [-0.15, -0.1) is 0 Å². The van der Waals surface area contributed by atoms with Gasteiger partial charge in [0, 0.05) is 0 Å². The predicted octanol–water partition coefficient (Wildman–Crippen LogP) is 2.17. The first-order valence-electron chi connectivity index (χ1n) is 6.19. The van der Waals surface area contributed by atoms with Crippen LogP contribution in [0, 0.1) is 3.77 Å². The quantitative estimate of drug-likeness (QED) is 0.489. The van der Waals surface area contributed by atoms with E-state index in [1.165, 1.54) is 6.21 Å². The van der Waals surface area contributed by atoms with Crippen molar-refractivity contribution in [2.24, 2.45) is 5.10 Å². The van der Waals surface area contributed by atoms with Crippen molar-refractivity contribution in [2.45, 2.75) is 6.10 Å². The van der Waals surface area contributed by atoms with Gasteiger partial charge in [0.1, 0.15) is 12.4 Å². The minimum Gasteiger partial charge on any atom is -0.485 e. The number of benzene rings is 1. The number of para-hydroxylation sites is 2. The number of nitrogens with one attached hydrogen (secondary N) is 1. The van der Waals surface area contributed by atoms with E-state index in [9.17, 15) is 4.79 Å². The number of ether oxygens (including phenoxy) is 2. The van der Waals surface area contributed by atoms with Crippen LogP contribution in [0.2, 0.25) is 0 Å². The molecule has 1 aliphatic rings. The molecule has 2 aromatic rings. The molecule has 0 bridgehead atoms. The number of nitrogens with zero attached hydrogens (tertiary/aromatic N) is 1. The second-order valence-corrected chi connectivity index (χ2v) is 5.30. The first-order valence-corrected chi connectivity index (χ1v) is 7.27. The lowest BCUT2D eigenvalue weighted by Gasteiger charge is -2.24. The molecule has 0 spiro atoms. The van der Waals surface area contributed by atoms with Crippen LogP contribution in [0.1, 0.15) is 5.76 Å². The van der Waals surface area contributed by atoms with E-state index in [2.05, 4.69) is 10.5 Å². The molecule has 1 amide bonds. The standard InChI is InChI=1S/C14H11IN2O4/c15-13-6-5-9(20-13)7-16-17-14(18)12-8-19-10-3-1-2-4-11(10)21-12/h1-7,12H,8H2,(H,17,18)/b16-7+/t12-/m0/s1. The van der Waals surface area contributed by atoms with Crippen molar-refractivity contribution in [3.05, 3.63) is 45.9 Å². The fourth-order valence-corrected chi connectivity index (χ4v) is 2.21. The second-order valence-electron chi connectivity index (χ2n) is 4.24. The molecule has 7 heteroatoms. The zero-order valence-corrected chi connectivity index (χ0v) is 12.9. The maximum Gasteiger partial charge on any atom is 0.284 e. The fraction of sp³-hybridized carbons (Fsp3) is 0.143. The van der Waals surface area contributed by atoms with Gasteiger partial charge < -0.3 is 13.9 Å². The van der Waals surface area contributed by atoms with Crippen LogP contribution in [0.5, 0.6) is 11.5 Å². The predicted molar refractivity (Wildman–Crippen MR) is 83.5 cm³/mol. The van der Waals surface area contributed by atoms with Crippen LogP contribution in [0.25, 0.3) is 0 Å². The van der Waals surface area contributed by atoms with Crippen LogP contribution in [-0.2, 0) is 4.79 Å². The van der Waals surface area contributed by atoms with Gasteiger partial charge in [0.2, 0.25) is 6.10 Å². The Bertz CT molecular complexity index is 683. The molecular formula is C14H11IN2O4. The third kappa shape index (κ3) is 3.35. The average Bonchev–Trinajstić information content (AvgIpc) is 2.92. The number of fused-ring (bicyclic) bond motifs is 1. The van der Waals surface area contributed by atoms with Gasteiger partial charge >= 0.3 is 0 Å². The van der Waals surface area contributed by atoms with Gasteiger partial charge in [-0.2, -0.15) is 5.10 Å². The Balaban J connectivity index is 1.58. The summed E-state index contributed by atoms with van der Waals surface area (Å²) in [5.74, 6) is 1.37. The van der Waals surface area contributed by atoms with E-state index >= 15 is 0 Å². The van der Waals surface area contributed by atoms with Gasteiger partial charge in [0.05, 0.1) is 6.21 Å². The molecule has 1 atom stereocenters. The van der Waals surface area contributed by atoms with Crippen molar-refractivity contribution in [1.82, 2.24) is 5.43 Å². The molecule has 0 radical (unpaired) electrons. The number of hydrogen-bond acceptors (Lipinski definition) is 5. The van der Waals surface area contributed by atoms with E-state index < -0.39 is 6.10 Å². The van der Waals surface area contributed by atoms with E-state index in [4.69, 9.17) is 13.9 Å². The number of carbonyl (C=O) groups excluding carboxylic acids is 1. The maximum atomic E-state index is 11.9. The summed E-state index contributed by atoms with van der Waals surface area (Å²) >= 11 is 2.05. The number of furan rings is 1. The third-order valence-electron chi connectivity index (χ3n) is 2.76. The Kier molecular flexibility index (Phi) is 4.09. The lowest BCUT2D eigenvalue weighted by Crippen LogP contribution is -2.42. The monoisotopic (exact) mass is 398 g/mol. The lowest BCUT2D eigenvalue weighted by molar-refractivity contribution is -0.130. The lowest BCUT2D eigenvalue weighted by atomic mass is 10.2. The normalized spacial score (nSPS) is 16.9. The Morgan fingerprint density at radius 2 is 2.10 bits per heavy atom. The average molecular weight is 398 g/mol. The highest BCUT2D eigenvalue weighted by Gasteiger charge is 2.26. The van der Waals surface area contributed by atoms with Gasteiger partial charge in [0.25, 0.3) is 5.91 Å². The van der Waals surface area contributed by atoms with Crippen molar-refractivity contribution in [1.29, 1.82) is 0 Å². The SMILES string of the molecule is O=C(N/N=C/c1ccc(I)o1)[C@@H]1COc2ccccc2O1. The summed E-state index contributed by atoms with van der Waals surface area (Å²) < 4.78 is 17.1. The first-order chi connectivity index (χ1) is 10.2. The first kappa shape index (κ1) is 13.9. The zero-order chi connectivity index (χ0) is 14.7. The van der Waals surface area contributed by atoms with Crippen molar-refractivity contribution < 1.29 is 18.7 Å². The molecule has 0 unspecified atom stereocenters. The highest BCUT2D eigenvalue weighted by atomic mass is 127. The molecule has 2 heterocycles. The molecule has 1 aromatic carbocycles. The molecule has 1 aromatic heterocycles. The second kappa shape index (κ2) is 6.17. The summed E-state index contributed by atoms with van der Waals surface area (Å²) in [7, 11) is 0. The molecule has 0 aliphatic carbocycles. The van der Waals surface area contributed by atoms with Gasteiger partial charge in [-0.3, -0.25) is 4.79 Å². The molecule has 21 heavy (non-hydrogen) atoms. The Morgan fingerprint density at radius 1 is 1.29 bits per heavy atom. The van der Waals surface area contributed by atoms with Gasteiger partial charge in [-0.1, -0.05) is 12.1 Å². The largest absolute Gasteiger partial charge is 0.485 e. The van der Waals surface area contributed by atoms with E-state index in [1.54, 1.807) is 24.3 Å². The number of hydrogen-bond donors (Lipinski definition) is 1. The minimum atomic E-state index is -0.728. The van der Waals surface area contributed by atoms with E-state index in [1.807, 2.05) is 34.7 Å². The Hall–Kier alpha value is -2.03. The minimum absolute atomic E-state index is 0.150. The summed E-state index contributed by atoms with van der Waals surface area (Å²) in [6.07, 6.45) is 0.700. The van der Waals surface area contributed by atoms with E-state index in [-0.39, 0.29) is 12.5 Å². The maximum absolute atomic E-state index is 11.9. The van der Waals surface area contributed by atoms with Gasteiger partial charge in [0.15, 0.2) is 15.3 Å². The number of halogens is 1. The molecule has 6 nitrogen and oxygen atoms in total. The fourth-order valence-electron chi connectivity index (χ4n) is 1.78. The smallest absolute Gasteiger partial charge is 0.284 e. The number of rotatable bonds is 3. The van der Waals surface area contributed by atoms with Crippen molar-refractivity contribution in [3.8, 4) is 11.5 Å². The molecule has 3 rings (SSSR count). The molecule has 0 saturated heterocycles. The molecule has 0 fully saturated rings. The zero-order valence-electron chi connectivity index (χ0n) is 10.8. The summed E-state index contributed by atoms with van der Waals surface area (Å²) in [6.45, 7) is 0.150. The highest BCUT2D eigenvalue weighted by Crippen LogP contribution is 2.30. The van der Waals surface area contributed by atoms with Crippen LogP contribution < -0.4 is 14.9 Å².